The Morgan fingerprint density at radius 2 is 1.79 bits per heavy atom. The lowest BCUT2D eigenvalue weighted by molar-refractivity contribution is 0.127. The number of aromatic nitrogens is 2. The molecule has 1 spiro atoms. The third kappa shape index (κ3) is 3.01. The normalized spacial score (nSPS) is 17.6. The number of anilines is 2. The van der Waals surface area contributed by atoms with Crippen molar-refractivity contribution in [3.8, 4) is 11.1 Å². The van der Waals surface area contributed by atoms with Crippen LogP contribution in [0.25, 0.3) is 11.1 Å². The Bertz CT molecular complexity index is 1060. The van der Waals surface area contributed by atoms with E-state index in [1.54, 1.807) is 30.6 Å². The number of benzene rings is 2. The Hall–Kier alpha value is -2.79. The van der Waals surface area contributed by atoms with Crippen molar-refractivity contribution >= 4 is 11.6 Å². The first-order chi connectivity index (χ1) is 14.0. The quantitative estimate of drug-likeness (QED) is 0.670. The molecule has 2 aromatic carbocycles. The van der Waals surface area contributed by atoms with Crippen LogP contribution >= 0.6 is 0 Å². The highest BCUT2D eigenvalue weighted by atomic mass is 19.1. The summed E-state index contributed by atoms with van der Waals surface area (Å²) in [5.41, 5.74) is 4.67. The van der Waals surface area contributed by atoms with E-state index in [0.29, 0.717) is 17.1 Å². The molecule has 3 aromatic rings. The van der Waals surface area contributed by atoms with Crippen molar-refractivity contribution in [1.29, 1.82) is 0 Å². The van der Waals surface area contributed by atoms with Gasteiger partial charge in [0.25, 0.3) is 0 Å². The molecule has 5 rings (SSSR count). The predicted molar refractivity (Wildman–Crippen MR) is 112 cm³/mol. The van der Waals surface area contributed by atoms with Crippen molar-refractivity contribution in [1.82, 2.24) is 9.97 Å². The van der Waals surface area contributed by atoms with Crippen LogP contribution in [0, 0.1) is 11.7 Å². The number of hydrogen-bond acceptors (Lipinski definition) is 4. The summed E-state index contributed by atoms with van der Waals surface area (Å²) in [5.74, 6) is 0.486. The summed E-state index contributed by atoms with van der Waals surface area (Å²) in [4.78, 5) is 11.3. The number of rotatable bonds is 4. The number of aliphatic hydroxyl groups is 1. The van der Waals surface area contributed by atoms with E-state index in [1.807, 2.05) is 13.8 Å². The van der Waals surface area contributed by atoms with Crippen molar-refractivity contribution < 1.29 is 9.50 Å². The summed E-state index contributed by atoms with van der Waals surface area (Å²) >= 11 is 0. The van der Waals surface area contributed by atoms with Crippen LogP contribution in [0.2, 0.25) is 0 Å². The second kappa shape index (κ2) is 6.63. The van der Waals surface area contributed by atoms with Crippen LogP contribution < -0.4 is 4.90 Å². The third-order valence-electron chi connectivity index (χ3n) is 6.24. The van der Waals surface area contributed by atoms with Crippen LogP contribution in [0.1, 0.15) is 43.9 Å². The molecule has 4 nitrogen and oxygen atoms in total. The zero-order chi connectivity index (χ0) is 20.2. The summed E-state index contributed by atoms with van der Waals surface area (Å²) in [7, 11) is 0. The van der Waals surface area contributed by atoms with Gasteiger partial charge in [-0.25, -0.2) is 14.4 Å². The molecule has 1 fully saturated rings. The monoisotopic (exact) mass is 389 g/mol. The van der Waals surface area contributed by atoms with E-state index in [0.717, 1.165) is 30.6 Å². The molecule has 148 valence electrons. The van der Waals surface area contributed by atoms with Gasteiger partial charge in [-0.05, 0) is 42.0 Å². The molecule has 0 saturated heterocycles. The number of aliphatic hydroxyl groups excluding tert-OH is 1. The first-order valence-corrected chi connectivity index (χ1v) is 10.2. The lowest BCUT2D eigenvalue weighted by Gasteiger charge is -2.20. The Labute approximate surface area is 170 Å². The zero-order valence-corrected chi connectivity index (χ0v) is 16.6. The predicted octanol–water partition coefficient (Wildman–Crippen LogP) is 5.16. The molecular weight excluding hydrogens is 365 g/mol. The molecule has 2 aliphatic rings. The van der Waals surface area contributed by atoms with E-state index in [-0.39, 0.29) is 17.2 Å². The molecular formula is C24H24FN3O. The van der Waals surface area contributed by atoms with Gasteiger partial charge in [-0.1, -0.05) is 44.2 Å². The molecule has 0 amide bonds. The fraction of sp³-hybridized carbons (Fsp3) is 0.333. The van der Waals surface area contributed by atoms with Gasteiger partial charge in [0.1, 0.15) is 5.82 Å². The highest BCUT2D eigenvalue weighted by Crippen LogP contribution is 2.58. The minimum atomic E-state index is -0.498. The van der Waals surface area contributed by atoms with Crippen LogP contribution in [0.4, 0.5) is 16.0 Å². The molecule has 1 aromatic heterocycles. The Balaban J connectivity index is 1.51. The fourth-order valence-corrected chi connectivity index (χ4v) is 4.31. The molecule has 1 saturated carbocycles. The second-order valence-corrected chi connectivity index (χ2v) is 8.58. The van der Waals surface area contributed by atoms with Crippen LogP contribution in [0.5, 0.6) is 0 Å². The Morgan fingerprint density at radius 1 is 1.07 bits per heavy atom. The number of hydrogen-bond donors (Lipinski definition) is 1. The van der Waals surface area contributed by atoms with Gasteiger partial charge in [-0.3, -0.25) is 0 Å². The van der Waals surface area contributed by atoms with Crippen molar-refractivity contribution in [2.45, 2.75) is 38.2 Å². The lowest BCUT2D eigenvalue weighted by Crippen LogP contribution is -2.21. The summed E-state index contributed by atoms with van der Waals surface area (Å²) in [6, 6.07) is 13.0. The van der Waals surface area contributed by atoms with Crippen LogP contribution in [0.15, 0.2) is 54.9 Å². The SMILES string of the molecule is CC(C)C(O)c1ccc2c(c1)N(c1ncc(-c3ccccc3F)cn1)CC21CC1. The largest absolute Gasteiger partial charge is 0.388 e. The molecule has 2 heterocycles. The molecule has 1 unspecified atom stereocenters. The summed E-state index contributed by atoms with van der Waals surface area (Å²) < 4.78 is 14.1. The van der Waals surface area contributed by atoms with Crippen molar-refractivity contribution in [3.05, 3.63) is 71.8 Å². The molecule has 1 aliphatic heterocycles. The van der Waals surface area contributed by atoms with Crippen LogP contribution in [-0.2, 0) is 5.41 Å². The second-order valence-electron chi connectivity index (χ2n) is 8.58. The standard InChI is InChI=1S/C24H24FN3O/c1-15(2)22(29)16-7-8-19-21(11-16)28(14-24(19)9-10-24)23-26-12-17(13-27-23)18-5-3-4-6-20(18)25/h3-8,11-13,15,22,29H,9-10,14H2,1-2H3. The van der Waals surface area contributed by atoms with Crippen molar-refractivity contribution in [2.24, 2.45) is 5.92 Å². The van der Waals surface area contributed by atoms with E-state index < -0.39 is 6.10 Å². The third-order valence-corrected chi connectivity index (χ3v) is 6.24. The summed E-state index contributed by atoms with van der Waals surface area (Å²) in [5, 5.41) is 10.5. The Morgan fingerprint density at radius 3 is 2.45 bits per heavy atom. The lowest BCUT2D eigenvalue weighted by atomic mass is 9.93. The van der Waals surface area contributed by atoms with Gasteiger partial charge in [-0.15, -0.1) is 0 Å². The van der Waals surface area contributed by atoms with Crippen LogP contribution in [0.3, 0.4) is 0 Å². The molecule has 1 aliphatic carbocycles. The molecule has 1 atom stereocenters. The maximum atomic E-state index is 14.1. The van der Waals surface area contributed by atoms with Gasteiger partial charge in [0.15, 0.2) is 0 Å². The van der Waals surface area contributed by atoms with E-state index in [9.17, 15) is 9.50 Å². The molecule has 0 radical (unpaired) electrons. The number of fused-ring (bicyclic) bond motifs is 2. The van der Waals surface area contributed by atoms with Gasteiger partial charge in [0, 0.05) is 41.2 Å². The fourth-order valence-electron chi connectivity index (χ4n) is 4.31. The van der Waals surface area contributed by atoms with E-state index in [1.165, 1.54) is 11.6 Å². The van der Waals surface area contributed by atoms with E-state index in [4.69, 9.17) is 0 Å². The number of nitrogens with zero attached hydrogens (tertiary/aromatic N) is 3. The summed E-state index contributed by atoms with van der Waals surface area (Å²) in [6.45, 7) is 4.88. The van der Waals surface area contributed by atoms with Crippen molar-refractivity contribution in [2.75, 3.05) is 11.4 Å². The highest BCUT2D eigenvalue weighted by Gasteiger charge is 2.52. The Kier molecular flexibility index (Phi) is 4.17. The van der Waals surface area contributed by atoms with E-state index in [2.05, 4.69) is 33.1 Å². The van der Waals surface area contributed by atoms with Gasteiger partial charge in [-0.2, -0.15) is 0 Å². The minimum Gasteiger partial charge on any atom is -0.388 e. The van der Waals surface area contributed by atoms with Gasteiger partial charge >= 0.3 is 0 Å². The topological polar surface area (TPSA) is 49.2 Å². The smallest absolute Gasteiger partial charge is 0.229 e. The van der Waals surface area contributed by atoms with Crippen molar-refractivity contribution in [3.63, 3.8) is 0 Å². The minimum absolute atomic E-state index is 0.147. The average Bonchev–Trinajstić information content (AvgIpc) is 3.44. The highest BCUT2D eigenvalue weighted by molar-refractivity contribution is 5.72. The van der Waals surface area contributed by atoms with Gasteiger partial charge < -0.3 is 10.0 Å². The summed E-state index contributed by atoms with van der Waals surface area (Å²) in [6.07, 6.45) is 5.20. The van der Waals surface area contributed by atoms with Crippen LogP contribution in [-0.4, -0.2) is 21.6 Å². The maximum absolute atomic E-state index is 14.1. The van der Waals surface area contributed by atoms with Gasteiger partial charge in [0.05, 0.1) is 6.10 Å². The first kappa shape index (κ1) is 18.3. The van der Waals surface area contributed by atoms with Gasteiger partial charge in [0.2, 0.25) is 5.95 Å². The molecule has 29 heavy (non-hydrogen) atoms. The maximum Gasteiger partial charge on any atom is 0.229 e. The average molecular weight is 389 g/mol. The first-order valence-electron chi connectivity index (χ1n) is 10.2. The van der Waals surface area contributed by atoms with E-state index >= 15 is 0 Å². The molecule has 5 heteroatoms. The number of halogens is 1. The molecule has 0 bridgehead atoms. The zero-order valence-electron chi connectivity index (χ0n) is 16.6. The molecule has 1 N–H and O–H groups in total.